The van der Waals surface area contributed by atoms with Crippen molar-refractivity contribution >= 4 is 21.6 Å². The number of nitrogens with one attached hydrogen (secondary N) is 1. The van der Waals surface area contributed by atoms with Gasteiger partial charge in [0.25, 0.3) is 0 Å². The second kappa shape index (κ2) is 6.26. The number of carbonyl (C=O) groups excluding carboxylic acids is 1. The molecule has 1 aromatic carbocycles. The normalized spacial score (nSPS) is 20.7. The molecule has 1 amide bonds. The summed E-state index contributed by atoms with van der Waals surface area (Å²) >= 11 is 0. The van der Waals surface area contributed by atoms with Crippen molar-refractivity contribution in [2.45, 2.75) is 24.2 Å². The second-order valence-corrected chi connectivity index (χ2v) is 7.67. The van der Waals surface area contributed by atoms with Crippen LogP contribution >= 0.6 is 0 Å². The van der Waals surface area contributed by atoms with Crippen molar-refractivity contribution in [2.24, 2.45) is 0 Å². The predicted molar refractivity (Wildman–Crippen MR) is 84.3 cm³/mol. The summed E-state index contributed by atoms with van der Waals surface area (Å²) in [5, 5.41) is 2.78. The highest BCUT2D eigenvalue weighted by atomic mass is 32.2. The predicted octanol–water partition coefficient (Wildman–Crippen LogP) is 0.797. The Labute approximate surface area is 131 Å². The Morgan fingerprint density at radius 3 is 2.27 bits per heavy atom. The maximum atomic E-state index is 12.6. The van der Waals surface area contributed by atoms with Crippen LogP contribution in [-0.2, 0) is 14.8 Å². The Kier molecular flexibility index (Phi) is 4.35. The van der Waals surface area contributed by atoms with Gasteiger partial charge in [0.2, 0.25) is 15.9 Å². The van der Waals surface area contributed by atoms with Crippen molar-refractivity contribution in [3.05, 3.63) is 24.3 Å². The zero-order valence-corrected chi connectivity index (χ0v) is 13.3. The van der Waals surface area contributed by atoms with E-state index in [-0.39, 0.29) is 5.91 Å². The van der Waals surface area contributed by atoms with E-state index in [1.807, 2.05) is 4.90 Å². The van der Waals surface area contributed by atoms with Crippen molar-refractivity contribution < 1.29 is 13.2 Å². The smallest absolute Gasteiger partial charge is 0.243 e. The largest absolute Gasteiger partial charge is 0.360 e. The van der Waals surface area contributed by atoms with Gasteiger partial charge in [-0.1, -0.05) is 6.42 Å². The molecule has 6 nitrogen and oxygen atoms in total. The molecule has 120 valence electrons. The minimum absolute atomic E-state index is 0.00346. The molecule has 2 saturated heterocycles. The summed E-state index contributed by atoms with van der Waals surface area (Å²) in [6, 6.07) is 6.86. The highest BCUT2D eigenvalue weighted by Gasteiger charge is 2.26. The van der Waals surface area contributed by atoms with Gasteiger partial charge in [-0.25, -0.2) is 8.42 Å². The summed E-state index contributed by atoms with van der Waals surface area (Å²) in [4.78, 5) is 13.7. The molecule has 7 heteroatoms. The van der Waals surface area contributed by atoms with Gasteiger partial charge in [0.05, 0.1) is 11.4 Å². The lowest BCUT2D eigenvalue weighted by molar-refractivity contribution is -0.120. The molecule has 2 heterocycles. The molecular weight excluding hydrogens is 302 g/mol. The zero-order valence-electron chi connectivity index (χ0n) is 12.5. The third-order valence-corrected chi connectivity index (χ3v) is 6.11. The Morgan fingerprint density at radius 1 is 0.955 bits per heavy atom. The first kappa shape index (κ1) is 15.3. The van der Waals surface area contributed by atoms with Crippen molar-refractivity contribution in [2.75, 3.05) is 37.6 Å². The quantitative estimate of drug-likeness (QED) is 0.893. The third-order valence-electron chi connectivity index (χ3n) is 4.19. The first-order chi connectivity index (χ1) is 10.6. The van der Waals surface area contributed by atoms with Crippen molar-refractivity contribution in [1.29, 1.82) is 0 Å². The van der Waals surface area contributed by atoms with Gasteiger partial charge in [-0.05, 0) is 37.1 Å². The van der Waals surface area contributed by atoms with Crippen molar-refractivity contribution in [3.8, 4) is 0 Å². The van der Waals surface area contributed by atoms with Crippen LogP contribution in [0.4, 0.5) is 5.69 Å². The molecule has 1 aromatic rings. The summed E-state index contributed by atoms with van der Waals surface area (Å²) in [6.45, 7) is 2.89. The molecule has 0 atom stereocenters. The van der Waals surface area contributed by atoms with E-state index in [1.165, 1.54) is 0 Å². The number of hydrogen-bond donors (Lipinski definition) is 1. The van der Waals surface area contributed by atoms with Gasteiger partial charge in [-0.2, -0.15) is 4.31 Å². The number of amides is 1. The molecule has 0 spiro atoms. The Hall–Kier alpha value is -1.60. The number of nitrogens with zero attached hydrogens (tertiary/aromatic N) is 2. The van der Waals surface area contributed by atoms with Gasteiger partial charge < -0.3 is 10.2 Å². The average Bonchev–Trinajstić information content (AvgIpc) is 2.56. The first-order valence-corrected chi connectivity index (χ1v) is 9.13. The summed E-state index contributed by atoms with van der Waals surface area (Å²) < 4.78 is 26.7. The molecule has 0 aliphatic carbocycles. The standard InChI is InChI=1S/C15H21N3O3S/c19-15-12-17(11-8-16-15)13-4-6-14(7-5-13)22(20,21)18-9-2-1-3-10-18/h4-7H,1-3,8-12H2,(H,16,19). The lowest BCUT2D eigenvalue weighted by Crippen LogP contribution is -2.47. The van der Waals surface area contributed by atoms with E-state index < -0.39 is 10.0 Å². The molecule has 0 aromatic heterocycles. The minimum atomic E-state index is -3.38. The lowest BCUT2D eigenvalue weighted by Gasteiger charge is -2.29. The summed E-state index contributed by atoms with van der Waals surface area (Å²) in [5.74, 6) is -0.00346. The molecule has 2 aliphatic rings. The number of benzene rings is 1. The molecule has 1 N–H and O–H groups in total. The highest BCUT2D eigenvalue weighted by Crippen LogP contribution is 2.23. The number of piperidine rings is 1. The Balaban J connectivity index is 1.77. The number of carbonyl (C=O) groups is 1. The molecule has 3 rings (SSSR count). The molecule has 22 heavy (non-hydrogen) atoms. The van der Waals surface area contributed by atoms with Gasteiger partial charge in [0, 0.05) is 31.9 Å². The Bertz CT molecular complexity index is 637. The first-order valence-electron chi connectivity index (χ1n) is 7.69. The van der Waals surface area contributed by atoms with Gasteiger partial charge in [-0.15, -0.1) is 0 Å². The van der Waals surface area contributed by atoms with E-state index in [0.717, 1.165) is 31.5 Å². The van der Waals surface area contributed by atoms with E-state index in [9.17, 15) is 13.2 Å². The van der Waals surface area contributed by atoms with E-state index >= 15 is 0 Å². The summed E-state index contributed by atoms with van der Waals surface area (Å²) in [6.07, 6.45) is 2.96. The number of hydrogen-bond acceptors (Lipinski definition) is 4. The molecule has 0 radical (unpaired) electrons. The van der Waals surface area contributed by atoms with E-state index in [1.54, 1.807) is 28.6 Å². The lowest BCUT2D eigenvalue weighted by atomic mass is 10.2. The topological polar surface area (TPSA) is 69.7 Å². The van der Waals surface area contributed by atoms with Crippen LogP contribution in [0.15, 0.2) is 29.2 Å². The van der Waals surface area contributed by atoms with Gasteiger partial charge in [0.15, 0.2) is 0 Å². The maximum absolute atomic E-state index is 12.6. The van der Waals surface area contributed by atoms with E-state index in [0.29, 0.717) is 31.1 Å². The van der Waals surface area contributed by atoms with Gasteiger partial charge in [-0.3, -0.25) is 4.79 Å². The number of sulfonamides is 1. The fourth-order valence-electron chi connectivity index (χ4n) is 2.94. The number of anilines is 1. The van der Waals surface area contributed by atoms with Crippen LogP contribution in [-0.4, -0.2) is 51.4 Å². The monoisotopic (exact) mass is 323 g/mol. The van der Waals surface area contributed by atoms with Crippen LogP contribution in [0.1, 0.15) is 19.3 Å². The molecule has 2 aliphatic heterocycles. The second-order valence-electron chi connectivity index (χ2n) is 5.73. The molecule has 0 unspecified atom stereocenters. The zero-order chi connectivity index (χ0) is 15.6. The molecule has 0 bridgehead atoms. The van der Waals surface area contributed by atoms with Crippen LogP contribution in [0, 0.1) is 0 Å². The minimum Gasteiger partial charge on any atom is -0.360 e. The van der Waals surface area contributed by atoms with Crippen LogP contribution < -0.4 is 10.2 Å². The van der Waals surface area contributed by atoms with Crippen LogP contribution in [0.3, 0.4) is 0 Å². The Morgan fingerprint density at radius 2 is 1.64 bits per heavy atom. The summed E-state index contributed by atoms with van der Waals surface area (Å²) in [7, 11) is -3.38. The number of piperazine rings is 1. The third kappa shape index (κ3) is 3.10. The fourth-order valence-corrected chi connectivity index (χ4v) is 4.46. The van der Waals surface area contributed by atoms with Crippen molar-refractivity contribution in [1.82, 2.24) is 9.62 Å². The van der Waals surface area contributed by atoms with E-state index in [2.05, 4.69) is 5.32 Å². The number of rotatable bonds is 3. The maximum Gasteiger partial charge on any atom is 0.243 e. The SMILES string of the molecule is O=C1CN(c2ccc(S(=O)(=O)N3CCCCC3)cc2)CCN1. The van der Waals surface area contributed by atoms with E-state index in [4.69, 9.17) is 0 Å². The van der Waals surface area contributed by atoms with Crippen LogP contribution in [0.25, 0.3) is 0 Å². The van der Waals surface area contributed by atoms with Crippen LogP contribution in [0.2, 0.25) is 0 Å². The van der Waals surface area contributed by atoms with Crippen LogP contribution in [0.5, 0.6) is 0 Å². The molecular formula is C15H21N3O3S. The fraction of sp³-hybridized carbons (Fsp3) is 0.533. The average molecular weight is 323 g/mol. The molecule has 0 saturated carbocycles. The van der Waals surface area contributed by atoms with Gasteiger partial charge >= 0.3 is 0 Å². The van der Waals surface area contributed by atoms with Crippen molar-refractivity contribution in [3.63, 3.8) is 0 Å². The summed E-state index contributed by atoms with van der Waals surface area (Å²) in [5.41, 5.74) is 0.882. The highest BCUT2D eigenvalue weighted by molar-refractivity contribution is 7.89. The molecule has 2 fully saturated rings. The van der Waals surface area contributed by atoms with Gasteiger partial charge in [0.1, 0.15) is 0 Å².